The molecule has 1 spiro atoms. The second-order valence-electron chi connectivity index (χ2n) is 7.10. The van der Waals surface area contributed by atoms with Crippen molar-refractivity contribution in [2.24, 2.45) is 0 Å². The Morgan fingerprint density at radius 3 is 2.44 bits per heavy atom. The van der Waals surface area contributed by atoms with E-state index in [1.165, 1.54) is 0 Å². The first-order valence-electron chi connectivity index (χ1n) is 9.39. The van der Waals surface area contributed by atoms with E-state index in [1.807, 2.05) is 42.5 Å². The molecule has 2 heterocycles. The third kappa shape index (κ3) is 3.75. The maximum absolute atomic E-state index is 12.7. The summed E-state index contributed by atoms with van der Waals surface area (Å²) in [7, 11) is 0. The lowest BCUT2D eigenvalue weighted by molar-refractivity contribution is -0.125. The molecule has 2 aromatic rings. The number of anilines is 1. The second kappa shape index (κ2) is 7.79. The SMILES string of the molecule is O=C1NCN(c2ccccc2)C12CCN(CCOc1ccc(Cl)cc1)CC2. The summed E-state index contributed by atoms with van der Waals surface area (Å²) >= 11 is 5.89. The molecule has 0 radical (unpaired) electrons. The van der Waals surface area contributed by atoms with Crippen LogP contribution >= 0.6 is 11.6 Å². The van der Waals surface area contributed by atoms with Gasteiger partial charge in [0.1, 0.15) is 17.9 Å². The number of halogens is 1. The molecule has 0 aliphatic carbocycles. The smallest absolute Gasteiger partial charge is 0.247 e. The van der Waals surface area contributed by atoms with Crippen LogP contribution in [0.5, 0.6) is 5.75 Å². The van der Waals surface area contributed by atoms with E-state index in [-0.39, 0.29) is 5.91 Å². The molecule has 2 aliphatic rings. The van der Waals surface area contributed by atoms with E-state index in [2.05, 4.69) is 27.2 Å². The van der Waals surface area contributed by atoms with E-state index in [0.29, 0.717) is 18.3 Å². The Kier molecular flexibility index (Phi) is 5.23. The number of carbonyl (C=O) groups excluding carboxylic acids is 1. The molecule has 6 heteroatoms. The minimum atomic E-state index is -0.422. The fourth-order valence-electron chi connectivity index (χ4n) is 4.00. The molecule has 0 saturated carbocycles. The van der Waals surface area contributed by atoms with Crippen LogP contribution in [0.1, 0.15) is 12.8 Å². The van der Waals surface area contributed by atoms with Gasteiger partial charge in [-0.15, -0.1) is 0 Å². The lowest BCUT2D eigenvalue weighted by atomic mass is 9.85. The van der Waals surface area contributed by atoms with Crippen molar-refractivity contribution in [1.29, 1.82) is 0 Å². The first-order chi connectivity index (χ1) is 13.2. The molecular weight excluding hydrogens is 362 g/mol. The van der Waals surface area contributed by atoms with Crippen LogP contribution in [0.2, 0.25) is 5.02 Å². The highest BCUT2D eigenvalue weighted by Crippen LogP contribution is 2.36. The Bertz CT molecular complexity index is 774. The molecule has 0 unspecified atom stereocenters. The lowest BCUT2D eigenvalue weighted by Gasteiger charge is -2.43. The molecule has 2 aliphatic heterocycles. The fraction of sp³-hybridized carbons (Fsp3) is 0.381. The molecule has 0 aromatic heterocycles. The molecule has 2 fully saturated rings. The Morgan fingerprint density at radius 1 is 1.04 bits per heavy atom. The molecule has 4 rings (SSSR count). The maximum Gasteiger partial charge on any atom is 0.247 e. The number of piperidine rings is 1. The highest BCUT2D eigenvalue weighted by molar-refractivity contribution is 6.30. The van der Waals surface area contributed by atoms with Crippen LogP contribution in [0.25, 0.3) is 0 Å². The topological polar surface area (TPSA) is 44.8 Å². The van der Waals surface area contributed by atoms with E-state index in [9.17, 15) is 4.79 Å². The monoisotopic (exact) mass is 385 g/mol. The highest BCUT2D eigenvalue weighted by atomic mass is 35.5. The zero-order valence-electron chi connectivity index (χ0n) is 15.2. The molecule has 2 saturated heterocycles. The van der Waals surface area contributed by atoms with Gasteiger partial charge in [-0.25, -0.2) is 0 Å². The fourth-order valence-corrected chi connectivity index (χ4v) is 4.13. The summed E-state index contributed by atoms with van der Waals surface area (Å²) in [6.07, 6.45) is 1.66. The lowest BCUT2D eigenvalue weighted by Crippen LogP contribution is -2.56. The van der Waals surface area contributed by atoms with Crippen LogP contribution in [-0.4, -0.2) is 49.3 Å². The van der Waals surface area contributed by atoms with Crippen LogP contribution in [-0.2, 0) is 4.79 Å². The molecule has 0 bridgehead atoms. The van der Waals surface area contributed by atoms with E-state index in [0.717, 1.165) is 43.9 Å². The first kappa shape index (κ1) is 18.1. The second-order valence-corrected chi connectivity index (χ2v) is 7.54. The summed E-state index contributed by atoms with van der Waals surface area (Å²) in [6, 6.07) is 17.6. The molecule has 2 aromatic carbocycles. The number of hydrogen-bond donors (Lipinski definition) is 1. The number of nitrogens with zero attached hydrogens (tertiary/aromatic N) is 2. The van der Waals surface area contributed by atoms with Gasteiger partial charge in [-0.1, -0.05) is 29.8 Å². The molecule has 1 N–H and O–H groups in total. The number of likely N-dealkylation sites (tertiary alicyclic amines) is 1. The summed E-state index contributed by atoms with van der Waals surface area (Å²) < 4.78 is 5.80. The van der Waals surface area contributed by atoms with Gasteiger partial charge in [-0.3, -0.25) is 9.69 Å². The zero-order chi connectivity index (χ0) is 18.7. The number of para-hydroxylation sites is 1. The number of ether oxygens (including phenoxy) is 1. The van der Waals surface area contributed by atoms with Gasteiger partial charge < -0.3 is 15.0 Å². The van der Waals surface area contributed by atoms with Gasteiger partial charge in [0.05, 0.1) is 6.67 Å². The van der Waals surface area contributed by atoms with Crippen LogP contribution in [0.15, 0.2) is 54.6 Å². The summed E-state index contributed by atoms with van der Waals surface area (Å²) in [4.78, 5) is 17.3. The average Bonchev–Trinajstić information content (AvgIpc) is 3.02. The standard InChI is InChI=1S/C21H24ClN3O2/c22-17-6-8-19(9-7-17)27-15-14-24-12-10-21(11-13-24)20(26)23-16-25(21)18-4-2-1-3-5-18/h1-9H,10-16H2,(H,23,26). The summed E-state index contributed by atoms with van der Waals surface area (Å²) in [5.41, 5.74) is 0.685. The number of carbonyl (C=O) groups is 1. The Balaban J connectivity index is 1.33. The van der Waals surface area contributed by atoms with Crippen molar-refractivity contribution in [2.75, 3.05) is 37.8 Å². The van der Waals surface area contributed by atoms with Crippen molar-refractivity contribution >= 4 is 23.2 Å². The zero-order valence-corrected chi connectivity index (χ0v) is 16.0. The third-order valence-electron chi connectivity index (χ3n) is 5.58. The minimum absolute atomic E-state index is 0.156. The number of hydrogen-bond acceptors (Lipinski definition) is 4. The van der Waals surface area contributed by atoms with Gasteiger partial charge in [-0.2, -0.15) is 0 Å². The largest absolute Gasteiger partial charge is 0.492 e. The van der Waals surface area contributed by atoms with Gasteiger partial charge in [0, 0.05) is 30.3 Å². The van der Waals surface area contributed by atoms with E-state index in [4.69, 9.17) is 16.3 Å². The summed E-state index contributed by atoms with van der Waals surface area (Å²) in [6.45, 7) is 3.85. The van der Waals surface area contributed by atoms with Crippen molar-refractivity contribution in [1.82, 2.24) is 10.2 Å². The van der Waals surface area contributed by atoms with Gasteiger partial charge >= 0.3 is 0 Å². The van der Waals surface area contributed by atoms with Gasteiger partial charge in [0.2, 0.25) is 5.91 Å². The molecular formula is C21H24ClN3O2. The summed E-state index contributed by atoms with van der Waals surface area (Å²) in [5, 5.41) is 3.76. The Morgan fingerprint density at radius 2 is 1.74 bits per heavy atom. The highest BCUT2D eigenvalue weighted by Gasteiger charge is 2.50. The van der Waals surface area contributed by atoms with E-state index >= 15 is 0 Å². The molecule has 27 heavy (non-hydrogen) atoms. The summed E-state index contributed by atoms with van der Waals surface area (Å²) in [5.74, 6) is 0.988. The maximum atomic E-state index is 12.7. The quantitative estimate of drug-likeness (QED) is 0.858. The van der Waals surface area contributed by atoms with E-state index in [1.54, 1.807) is 0 Å². The Hall–Kier alpha value is -2.24. The molecule has 0 atom stereocenters. The first-order valence-corrected chi connectivity index (χ1v) is 9.77. The van der Waals surface area contributed by atoms with Gasteiger partial charge in [0.25, 0.3) is 0 Å². The van der Waals surface area contributed by atoms with Gasteiger partial charge in [-0.05, 0) is 49.2 Å². The van der Waals surface area contributed by atoms with Crippen LogP contribution < -0.4 is 15.0 Å². The normalized spacial score (nSPS) is 19.3. The third-order valence-corrected chi connectivity index (χ3v) is 5.83. The minimum Gasteiger partial charge on any atom is -0.492 e. The number of benzene rings is 2. The van der Waals surface area contributed by atoms with Crippen LogP contribution in [0, 0.1) is 0 Å². The van der Waals surface area contributed by atoms with E-state index < -0.39 is 5.54 Å². The van der Waals surface area contributed by atoms with Crippen molar-refractivity contribution < 1.29 is 9.53 Å². The predicted octanol–water partition coefficient (Wildman–Crippen LogP) is 3.15. The predicted molar refractivity (Wildman–Crippen MR) is 107 cm³/mol. The van der Waals surface area contributed by atoms with Crippen molar-refractivity contribution in [3.63, 3.8) is 0 Å². The molecule has 1 amide bonds. The molecule has 5 nitrogen and oxygen atoms in total. The average molecular weight is 386 g/mol. The van der Waals surface area contributed by atoms with Crippen molar-refractivity contribution in [2.45, 2.75) is 18.4 Å². The van der Waals surface area contributed by atoms with Crippen LogP contribution in [0.3, 0.4) is 0 Å². The van der Waals surface area contributed by atoms with Crippen molar-refractivity contribution in [3.8, 4) is 5.75 Å². The van der Waals surface area contributed by atoms with Crippen LogP contribution in [0.4, 0.5) is 5.69 Å². The van der Waals surface area contributed by atoms with Crippen molar-refractivity contribution in [3.05, 3.63) is 59.6 Å². The number of amides is 1. The molecule has 142 valence electrons. The van der Waals surface area contributed by atoms with Gasteiger partial charge in [0.15, 0.2) is 0 Å². The number of nitrogens with one attached hydrogen (secondary N) is 1. The Labute approximate surface area is 164 Å². The number of rotatable bonds is 5.